The summed E-state index contributed by atoms with van der Waals surface area (Å²) in [5.41, 5.74) is 1.82. The predicted molar refractivity (Wildman–Crippen MR) is 150 cm³/mol. The first kappa shape index (κ1) is 26.4. The number of ether oxygens (including phenoxy) is 2. The van der Waals surface area contributed by atoms with E-state index in [0.29, 0.717) is 46.5 Å². The number of carbonyl (C=O) groups excluding carboxylic acids is 1. The summed E-state index contributed by atoms with van der Waals surface area (Å²) < 4.78 is 12.4. The third kappa shape index (κ3) is 5.68. The van der Waals surface area contributed by atoms with Crippen LogP contribution >= 0.6 is 63.1 Å². The van der Waals surface area contributed by atoms with Crippen molar-refractivity contribution >= 4 is 90.8 Å². The van der Waals surface area contributed by atoms with Crippen LogP contribution in [0.1, 0.15) is 11.1 Å². The SMILES string of the molecule is COc1cc(/C=C2/SC(=S)N(c3ccc([N+](=O)[O-])cc3)C2=O)cc(Br)c1OCc1ccc(Cl)cc1Cl. The van der Waals surface area contributed by atoms with E-state index < -0.39 is 4.92 Å². The molecule has 0 aliphatic carbocycles. The highest BCUT2D eigenvalue weighted by Gasteiger charge is 2.33. The van der Waals surface area contributed by atoms with Gasteiger partial charge in [0, 0.05) is 27.7 Å². The van der Waals surface area contributed by atoms with E-state index in [1.807, 2.05) is 0 Å². The van der Waals surface area contributed by atoms with Crippen LogP contribution < -0.4 is 14.4 Å². The van der Waals surface area contributed by atoms with Gasteiger partial charge in [-0.25, -0.2) is 0 Å². The summed E-state index contributed by atoms with van der Waals surface area (Å²) in [5.74, 6) is 0.595. The van der Waals surface area contributed by atoms with E-state index in [4.69, 9.17) is 44.9 Å². The van der Waals surface area contributed by atoms with Crippen molar-refractivity contribution in [1.82, 2.24) is 0 Å². The molecule has 3 aromatic rings. The van der Waals surface area contributed by atoms with Crippen LogP contribution in [-0.4, -0.2) is 22.3 Å². The molecule has 0 spiro atoms. The lowest BCUT2D eigenvalue weighted by atomic mass is 10.1. The highest BCUT2D eigenvalue weighted by atomic mass is 79.9. The summed E-state index contributed by atoms with van der Waals surface area (Å²) in [5, 5.41) is 11.9. The number of thiocarbonyl (C=S) groups is 1. The van der Waals surface area contributed by atoms with Crippen LogP contribution in [0.4, 0.5) is 11.4 Å². The fourth-order valence-corrected chi connectivity index (χ4v) is 5.65. The molecule has 0 unspecified atom stereocenters. The largest absolute Gasteiger partial charge is 0.493 e. The van der Waals surface area contributed by atoms with Crippen molar-refractivity contribution in [3.05, 3.63) is 95.3 Å². The van der Waals surface area contributed by atoms with Gasteiger partial charge in [0.15, 0.2) is 15.8 Å². The van der Waals surface area contributed by atoms with E-state index in [2.05, 4.69) is 15.9 Å². The molecule has 36 heavy (non-hydrogen) atoms. The Morgan fingerprint density at radius 3 is 2.53 bits per heavy atom. The van der Waals surface area contributed by atoms with E-state index in [1.165, 1.54) is 36.3 Å². The number of hydrogen-bond acceptors (Lipinski definition) is 7. The summed E-state index contributed by atoms with van der Waals surface area (Å²) in [6, 6.07) is 14.3. The number of rotatable bonds is 7. The molecule has 3 aromatic carbocycles. The number of nitro benzene ring substituents is 1. The minimum Gasteiger partial charge on any atom is -0.493 e. The monoisotopic (exact) mass is 624 g/mol. The standard InChI is InChI=1S/C24H15BrCl2N2O5S2/c1-33-20-9-13(8-18(25)22(20)34-12-14-2-3-15(26)11-19(14)27)10-21-23(30)28(24(35)36-21)16-4-6-17(7-5-16)29(31)32/h2-11H,12H2,1H3/b21-10+. The van der Waals surface area contributed by atoms with Gasteiger partial charge in [0.2, 0.25) is 0 Å². The molecule has 1 amide bonds. The zero-order valence-electron chi connectivity index (χ0n) is 18.4. The van der Waals surface area contributed by atoms with Crippen molar-refractivity contribution < 1.29 is 19.2 Å². The summed E-state index contributed by atoms with van der Waals surface area (Å²) in [4.78, 5) is 25.2. The number of non-ortho nitro benzene ring substituents is 1. The number of anilines is 1. The van der Waals surface area contributed by atoms with Crippen LogP contribution in [0.25, 0.3) is 6.08 Å². The topological polar surface area (TPSA) is 81.9 Å². The zero-order valence-corrected chi connectivity index (χ0v) is 23.1. The van der Waals surface area contributed by atoms with Gasteiger partial charge in [-0.05, 0) is 64.0 Å². The Morgan fingerprint density at radius 1 is 1.17 bits per heavy atom. The molecule has 0 aromatic heterocycles. The van der Waals surface area contributed by atoms with Crippen molar-refractivity contribution in [2.24, 2.45) is 0 Å². The Labute approximate surface area is 234 Å². The van der Waals surface area contributed by atoms with E-state index in [1.54, 1.807) is 36.4 Å². The lowest BCUT2D eigenvalue weighted by Crippen LogP contribution is -2.27. The summed E-state index contributed by atoms with van der Waals surface area (Å²) >= 11 is 22.2. The second-order valence-corrected chi connectivity index (χ2v) is 10.7. The molecular formula is C24H15BrCl2N2O5S2. The third-order valence-electron chi connectivity index (χ3n) is 5.05. The van der Waals surface area contributed by atoms with Gasteiger partial charge in [-0.2, -0.15) is 0 Å². The molecule has 4 rings (SSSR count). The lowest BCUT2D eigenvalue weighted by Gasteiger charge is -2.15. The van der Waals surface area contributed by atoms with Crippen molar-refractivity contribution in [1.29, 1.82) is 0 Å². The third-order valence-corrected chi connectivity index (χ3v) is 7.53. The molecule has 0 radical (unpaired) electrons. The highest BCUT2D eigenvalue weighted by molar-refractivity contribution is 9.10. The molecule has 184 valence electrons. The predicted octanol–water partition coefficient (Wildman–Crippen LogP) is 7.66. The van der Waals surface area contributed by atoms with Crippen molar-refractivity contribution in [2.75, 3.05) is 12.0 Å². The Kier molecular flexibility index (Phi) is 8.21. The molecule has 0 atom stereocenters. The maximum atomic E-state index is 13.1. The molecule has 12 heteroatoms. The molecule has 0 bridgehead atoms. The van der Waals surface area contributed by atoms with E-state index in [9.17, 15) is 14.9 Å². The Morgan fingerprint density at radius 2 is 1.89 bits per heavy atom. The van der Waals surface area contributed by atoms with Crippen LogP contribution in [0, 0.1) is 10.1 Å². The molecule has 0 saturated carbocycles. The molecule has 1 heterocycles. The molecular weight excluding hydrogens is 611 g/mol. The van der Waals surface area contributed by atoms with Crippen molar-refractivity contribution in [3.63, 3.8) is 0 Å². The van der Waals surface area contributed by atoms with Gasteiger partial charge in [0.05, 0.1) is 27.1 Å². The molecule has 1 aliphatic rings. The number of thioether (sulfide) groups is 1. The van der Waals surface area contributed by atoms with Gasteiger partial charge in [0.1, 0.15) is 6.61 Å². The van der Waals surface area contributed by atoms with Gasteiger partial charge in [-0.15, -0.1) is 0 Å². The highest BCUT2D eigenvalue weighted by Crippen LogP contribution is 2.41. The minimum atomic E-state index is -0.503. The zero-order chi connectivity index (χ0) is 26.0. The van der Waals surface area contributed by atoms with Crippen LogP contribution in [0.15, 0.2) is 64.0 Å². The average molecular weight is 626 g/mol. The number of amides is 1. The van der Waals surface area contributed by atoms with E-state index in [0.717, 1.165) is 17.3 Å². The van der Waals surface area contributed by atoms with Crippen molar-refractivity contribution in [3.8, 4) is 11.5 Å². The number of hydrogen-bond donors (Lipinski definition) is 0. The van der Waals surface area contributed by atoms with Crippen LogP contribution in [-0.2, 0) is 11.4 Å². The van der Waals surface area contributed by atoms with E-state index >= 15 is 0 Å². The second kappa shape index (κ2) is 11.2. The fraction of sp³-hybridized carbons (Fsp3) is 0.0833. The number of nitro groups is 1. The number of nitrogens with zero attached hydrogens (tertiary/aromatic N) is 2. The lowest BCUT2D eigenvalue weighted by molar-refractivity contribution is -0.384. The molecule has 7 nitrogen and oxygen atoms in total. The fourth-order valence-electron chi connectivity index (χ4n) is 3.32. The van der Waals surface area contributed by atoms with Crippen LogP contribution in [0.3, 0.4) is 0 Å². The average Bonchev–Trinajstić information content (AvgIpc) is 3.11. The second-order valence-electron chi connectivity index (χ2n) is 7.35. The number of methoxy groups -OCH3 is 1. The maximum absolute atomic E-state index is 13.1. The van der Waals surface area contributed by atoms with E-state index in [-0.39, 0.29) is 18.2 Å². The first-order chi connectivity index (χ1) is 17.2. The first-order valence-electron chi connectivity index (χ1n) is 10.1. The Balaban J connectivity index is 1.57. The summed E-state index contributed by atoms with van der Waals surface area (Å²) in [6.07, 6.45) is 1.69. The molecule has 1 aliphatic heterocycles. The van der Waals surface area contributed by atoms with Gasteiger partial charge in [-0.1, -0.05) is 53.2 Å². The molecule has 1 saturated heterocycles. The summed E-state index contributed by atoms with van der Waals surface area (Å²) in [6.45, 7) is 0.193. The first-order valence-corrected chi connectivity index (χ1v) is 12.9. The number of benzene rings is 3. The van der Waals surface area contributed by atoms with Crippen LogP contribution in [0.2, 0.25) is 10.0 Å². The van der Waals surface area contributed by atoms with Gasteiger partial charge < -0.3 is 9.47 Å². The van der Waals surface area contributed by atoms with Gasteiger partial charge in [-0.3, -0.25) is 19.8 Å². The maximum Gasteiger partial charge on any atom is 0.270 e. The smallest absolute Gasteiger partial charge is 0.270 e. The number of carbonyl (C=O) groups is 1. The molecule has 1 fully saturated rings. The normalized spacial score (nSPS) is 14.4. The quantitative estimate of drug-likeness (QED) is 0.115. The summed E-state index contributed by atoms with van der Waals surface area (Å²) in [7, 11) is 1.52. The molecule has 0 N–H and O–H groups in total. The van der Waals surface area contributed by atoms with Crippen molar-refractivity contribution in [2.45, 2.75) is 6.61 Å². The Hall–Kier alpha value is -2.63. The Bertz CT molecular complexity index is 1420. The minimum absolute atomic E-state index is 0.0719. The number of halogens is 3. The van der Waals surface area contributed by atoms with Gasteiger partial charge in [0.25, 0.3) is 11.6 Å². The van der Waals surface area contributed by atoms with Gasteiger partial charge >= 0.3 is 0 Å². The van der Waals surface area contributed by atoms with Crippen LogP contribution in [0.5, 0.6) is 11.5 Å².